The molecule has 0 atom stereocenters. The van der Waals surface area contributed by atoms with Crippen LogP contribution in [-0.4, -0.2) is 21.5 Å². The summed E-state index contributed by atoms with van der Waals surface area (Å²) in [4.78, 5) is 12.6. The van der Waals surface area contributed by atoms with Crippen LogP contribution in [0.2, 0.25) is 0 Å². The fraction of sp³-hybridized carbons (Fsp3) is 0.308. The monoisotopic (exact) mass is 243 g/mol. The van der Waals surface area contributed by atoms with Gasteiger partial charge in [-0.05, 0) is 26.0 Å². The second-order valence-electron chi connectivity index (χ2n) is 3.94. The molecular formula is C13H17N5. The highest BCUT2D eigenvalue weighted by Crippen LogP contribution is 2.13. The molecule has 2 N–H and O–H groups in total. The molecule has 18 heavy (non-hydrogen) atoms. The standard InChI is InChI=1S/C13H17N5/c1-3-15-12-6-13(8-14-7-12)17-9-11-4-5-16-10(2)18-11/h4-8,15,17H,3,9H2,1-2H3. The van der Waals surface area contributed by atoms with Crippen LogP contribution in [0, 0.1) is 6.92 Å². The molecule has 0 amide bonds. The molecule has 2 heterocycles. The number of hydrogen-bond donors (Lipinski definition) is 2. The van der Waals surface area contributed by atoms with Crippen LogP contribution in [0.5, 0.6) is 0 Å². The van der Waals surface area contributed by atoms with Crippen LogP contribution in [0.15, 0.2) is 30.7 Å². The first kappa shape index (κ1) is 12.3. The fourth-order valence-electron chi connectivity index (χ4n) is 1.63. The van der Waals surface area contributed by atoms with E-state index in [1.165, 1.54) is 0 Å². The maximum Gasteiger partial charge on any atom is 0.125 e. The Kier molecular flexibility index (Phi) is 4.06. The molecule has 0 aliphatic rings. The molecule has 0 saturated heterocycles. The van der Waals surface area contributed by atoms with Crippen molar-refractivity contribution in [3.05, 3.63) is 42.2 Å². The smallest absolute Gasteiger partial charge is 0.125 e. The average molecular weight is 243 g/mol. The van der Waals surface area contributed by atoms with Crippen LogP contribution in [0.25, 0.3) is 0 Å². The quantitative estimate of drug-likeness (QED) is 0.843. The molecule has 2 aromatic rings. The number of pyridine rings is 1. The minimum Gasteiger partial charge on any atom is -0.384 e. The molecule has 2 rings (SSSR count). The normalized spacial score (nSPS) is 10.1. The van der Waals surface area contributed by atoms with E-state index < -0.39 is 0 Å². The van der Waals surface area contributed by atoms with Crippen molar-refractivity contribution >= 4 is 11.4 Å². The maximum atomic E-state index is 4.34. The van der Waals surface area contributed by atoms with Gasteiger partial charge in [-0.3, -0.25) is 4.98 Å². The van der Waals surface area contributed by atoms with Gasteiger partial charge in [0.05, 0.1) is 36.0 Å². The van der Waals surface area contributed by atoms with Gasteiger partial charge in [0, 0.05) is 12.7 Å². The number of nitrogens with zero attached hydrogens (tertiary/aromatic N) is 3. The maximum absolute atomic E-state index is 4.34. The van der Waals surface area contributed by atoms with E-state index in [4.69, 9.17) is 0 Å². The lowest BCUT2D eigenvalue weighted by Gasteiger charge is -2.08. The predicted molar refractivity (Wildman–Crippen MR) is 72.5 cm³/mol. The summed E-state index contributed by atoms with van der Waals surface area (Å²) >= 11 is 0. The van der Waals surface area contributed by atoms with Gasteiger partial charge in [0.25, 0.3) is 0 Å². The lowest BCUT2D eigenvalue weighted by Crippen LogP contribution is -2.04. The van der Waals surface area contributed by atoms with E-state index in [-0.39, 0.29) is 0 Å². The van der Waals surface area contributed by atoms with Gasteiger partial charge in [-0.2, -0.15) is 0 Å². The topological polar surface area (TPSA) is 62.7 Å². The van der Waals surface area contributed by atoms with E-state index >= 15 is 0 Å². The summed E-state index contributed by atoms with van der Waals surface area (Å²) in [6.07, 6.45) is 5.38. The molecule has 0 bridgehead atoms. The van der Waals surface area contributed by atoms with Gasteiger partial charge < -0.3 is 10.6 Å². The zero-order chi connectivity index (χ0) is 12.8. The van der Waals surface area contributed by atoms with Crippen LogP contribution in [0.3, 0.4) is 0 Å². The molecule has 0 spiro atoms. The van der Waals surface area contributed by atoms with Crippen LogP contribution >= 0.6 is 0 Å². The highest BCUT2D eigenvalue weighted by atomic mass is 15.0. The average Bonchev–Trinajstić information content (AvgIpc) is 2.37. The number of hydrogen-bond acceptors (Lipinski definition) is 5. The van der Waals surface area contributed by atoms with Crippen molar-refractivity contribution in [2.75, 3.05) is 17.2 Å². The Bertz CT molecular complexity index is 512. The largest absolute Gasteiger partial charge is 0.384 e. The van der Waals surface area contributed by atoms with Crippen molar-refractivity contribution in [2.45, 2.75) is 20.4 Å². The molecule has 0 aliphatic heterocycles. The second-order valence-corrected chi connectivity index (χ2v) is 3.94. The lowest BCUT2D eigenvalue weighted by molar-refractivity contribution is 0.954. The number of rotatable bonds is 5. The highest BCUT2D eigenvalue weighted by Gasteiger charge is 1.98. The molecule has 2 aromatic heterocycles. The van der Waals surface area contributed by atoms with E-state index in [1.807, 2.05) is 25.3 Å². The summed E-state index contributed by atoms with van der Waals surface area (Å²) in [5.74, 6) is 0.786. The van der Waals surface area contributed by atoms with Gasteiger partial charge in [0.2, 0.25) is 0 Å². The molecule has 0 aromatic carbocycles. The third-order valence-corrected chi connectivity index (χ3v) is 2.43. The summed E-state index contributed by atoms with van der Waals surface area (Å²) in [5.41, 5.74) is 2.96. The summed E-state index contributed by atoms with van der Waals surface area (Å²) in [6, 6.07) is 3.94. The van der Waals surface area contributed by atoms with E-state index in [1.54, 1.807) is 12.4 Å². The fourth-order valence-corrected chi connectivity index (χ4v) is 1.63. The van der Waals surface area contributed by atoms with Gasteiger partial charge in [0.15, 0.2) is 0 Å². The SMILES string of the molecule is CCNc1cncc(NCc2ccnc(C)n2)c1. The zero-order valence-corrected chi connectivity index (χ0v) is 10.6. The van der Waals surface area contributed by atoms with Crippen molar-refractivity contribution in [1.29, 1.82) is 0 Å². The van der Waals surface area contributed by atoms with Gasteiger partial charge >= 0.3 is 0 Å². The first-order valence-electron chi connectivity index (χ1n) is 5.99. The molecular weight excluding hydrogens is 226 g/mol. The number of aryl methyl sites for hydroxylation is 1. The Morgan fingerprint density at radius 2 is 1.94 bits per heavy atom. The van der Waals surface area contributed by atoms with Crippen molar-refractivity contribution in [1.82, 2.24) is 15.0 Å². The first-order valence-corrected chi connectivity index (χ1v) is 5.99. The Balaban J connectivity index is 1.99. The molecule has 0 fully saturated rings. The van der Waals surface area contributed by atoms with Crippen molar-refractivity contribution in [3.8, 4) is 0 Å². The van der Waals surface area contributed by atoms with Crippen LogP contribution in [0.1, 0.15) is 18.4 Å². The van der Waals surface area contributed by atoms with E-state index in [0.29, 0.717) is 6.54 Å². The molecule has 0 aliphatic carbocycles. The van der Waals surface area contributed by atoms with Gasteiger partial charge in [-0.25, -0.2) is 9.97 Å². The molecule has 5 heteroatoms. The summed E-state index contributed by atoms with van der Waals surface area (Å²) in [5, 5.41) is 6.52. The van der Waals surface area contributed by atoms with Crippen LogP contribution in [-0.2, 0) is 6.54 Å². The molecule has 0 radical (unpaired) electrons. The van der Waals surface area contributed by atoms with E-state index in [2.05, 4.69) is 32.5 Å². The Morgan fingerprint density at radius 3 is 2.67 bits per heavy atom. The second kappa shape index (κ2) is 5.95. The third-order valence-electron chi connectivity index (χ3n) is 2.43. The Labute approximate surface area is 107 Å². The predicted octanol–water partition coefficient (Wildman–Crippen LogP) is 2.22. The Morgan fingerprint density at radius 1 is 1.17 bits per heavy atom. The van der Waals surface area contributed by atoms with Gasteiger partial charge in [-0.15, -0.1) is 0 Å². The molecule has 0 unspecified atom stereocenters. The third kappa shape index (κ3) is 3.41. The highest BCUT2D eigenvalue weighted by molar-refractivity contribution is 5.53. The van der Waals surface area contributed by atoms with Crippen molar-refractivity contribution in [3.63, 3.8) is 0 Å². The van der Waals surface area contributed by atoms with Crippen LogP contribution in [0.4, 0.5) is 11.4 Å². The minimum atomic E-state index is 0.667. The van der Waals surface area contributed by atoms with Gasteiger partial charge in [0.1, 0.15) is 5.82 Å². The summed E-state index contributed by atoms with van der Waals surface area (Å²) < 4.78 is 0. The minimum absolute atomic E-state index is 0.667. The molecule has 94 valence electrons. The van der Waals surface area contributed by atoms with Gasteiger partial charge in [-0.1, -0.05) is 0 Å². The van der Waals surface area contributed by atoms with E-state index in [9.17, 15) is 0 Å². The summed E-state index contributed by atoms with van der Waals surface area (Å²) in [7, 11) is 0. The van der Waals surface area contributed by atoms with E-state index in [0.717, 1.165) is 29.4 Å². The van der Waals surface area contributed by atoms with Crippen molar-refractivity contribution < 1.29 is 0 Å². The molecule has 5 nitrogen and oxygen atoms in total. The number of anilines is 2. The van der Waals surface area contributed by atoms with Crippen molar-refractivity contribution in [2.24, 2.45) is 0 Å². The summed E-state index contributed by atoms with van der Waals surface area (Å²) in [6.45, 7) is 5.50. The molecule has 0 saturated carbocycles. The Hall–Kier alpha value is -2.17. The number of nitrogens with one attached hydrogen (secondary N) is 2. The lowest BCUT2D eigenvalue weighted by atomic mass is 10.3. The van der Waals surface area contributed by atoms with Crippen LogP contribution < -0.4 is 10.6 Å². The first-order chi connectivity index (χ1) is 8.78. The number of aromatic nitrogens is 3. The zero-order valence-electron chi connectivity index (χ0n) is 10.6.